The molecule has 0 amide bonds. The van der Waals surface area contributed by atoms with Crippen LogP contribution in [0.4, 0.5) is 5.69 Å². The molecule has 0 fully saturated rings. The van der Waals surface area contributed by atoms with E-state index in [1.807, 2.05) is 0 Å². The molecule has 0 aliphatic rings. The van der Waals surface area contributed by atoms with Crippen molar-refractivity contribution in [2.75, 3.05) is 12.3 Å². The van der Waals surface area contributed by atoms with Gasteiger partial charge >= 0.3 is 0 Å². The molecule has 4 N–H and O–H groups in total. The quantitative estimate of drug-likeness (QED) is 0.724. The molecule has 0 bridgehead atoms. The number of aliphatic hydroxyl groups is 1. The van der Waals surface area contributed by atoms with Crippen LogP contribution in [-0.2, 0) is 10.0 Å². The summed E-state index contributed by atoms with van der Waals surface area (Å²) in [5.41, 5.74) is 7.44. The van der Waals surface area contributed by atoms with Crippen molar-refractivity contribution in [3.8, 4) is 0 Å². The van der Waals surface area contributed by atoms with Crippen molar-refractivity contribution in [2.45, 2.75) is 17.2 Å². The average molecular weight is 347 g/mol. The van der Waals surface area contributed by atoms with E-state index in [2.05, 4.69) is 4.72 Å². The number of nitrogens with one attached hydrogen (secondary N) is 1. The Kier molecular flexibility index (Phi) is 4.90. The third-order valence-electron chi connectivity index (χ3n) is 2.89. The molecule has 1 aromatic heterocycles. The fraction of sp³-hybridized carbons (Fsp3) is 0.231. The van der Waals surface area contributed by atoms with E-state index in [4.69, 9.17) is 17.3 Å². The summed E-state index contributed by atoms with van der Waals surface area (Å²) >= 11 is 6.86. The van der Waals surface area contributed by atoms with E-state index >= 15 is 0 Å². The van der Waals surface area contributed by atoms with Gasteiger partial charge in [-0.2, -0.15) is 0 Å². The summed E-state index contributed by atoms with van der Waals surface area (Å²) in [4.78, 5) is 0. The molecule has 114 valence electrons. The molecular formula is C13H15ClN2O3S2. The lowest BCUT2D eigenvalue weighted by molar-refractivity contribution is 0.182. The highest BCUT2D eigenvalue weighted by atomic mass is 35.5. The van der Waals surface area contributed by atoms with Crippen LogP contribution in [0.1, 0.15) is 17.2 Å². The number of sulfonamides is 1. The predicted octanol–water partition coefficient (Wildman–Crippen LogP) is 2.30. The number of nitrogens with two attached hydrogens (primary N) is 1. The fourth-order valence-electron chi connectivity index (χ4n) is 1.66. The standard InChI is InChI=1S/C13H15ClN2O3S2/c1-8-6-12(20-13(8)14)21(18,19)16-7-11(17)9-2-4-10(15)5-3-9/h2-6,11,16-17H,7,15H2,1H3. The van der Waals surface area contributed by atoms with Crippen LogP contribution in [0.5, 0.6) is 0 Å². The van der Waals surface area contributed by atoms with E-state index in [-0.39, 0.29) is 10.8 Å². The van der Waals surface area contributed by atoms with E-state index in [0.29, 0.717) is 21.2 Å². The van der Waals surface area contributed by atoms with Crippen molar-refractivity contribution in [1.29, 1.82) is 0 Å². The maximum Gasteiger partial charge on any atom is 0.250 e. The maximum absolute atomic E-state index is 12.1. The summed E-state index contributed by atoms with van der Waals surface area (Å²) in [6.45, 7) is 1.61. The lowest BCUT2D eigenvalue weighted by Gasteiger charge is -2.12. The number of nitrogen functional groups attached to an aromatic ring is 1. The summed E-state index contributed by atoms with van der Waals surface area (Å²) in [6, 6.07) is 8.11. The predicted molar refractivity (Wildman–Crippen MR) is 85.1 cm³/mol. The Morgan fingerprint density at radius 3 is 2.52 bits per heavy atom. The monoisotopic (exact) mass is 346 g/mol. The van der Waals surface area contributed by atoms with Gasteiger partial charge in [-0.3, -0.25) is 0 Å². The first-order valence-electron chi connectivity index (χ1n) is 6.08. The fourth-order valence-corrected chi connectivity index (χ4v) is 4.45. The van der Waals surface area contributed by atoms with Crippen molar-refractivity contribution < 1.29 is 13.5 Å². The number of hydrogen-bond acceptors (Lipinski definition) is 5. The zero-order chi connectivity index (χ0) is 15.6. The van der Waals surface area contributed by atoms with Crippen LogP contribution < -0.4 is 10.5 Å². The average Bonchev–Trinajstić information content (AvgIpc) is 2.78. The van der Waals surface area contributed by atoms with E-state index < -0.39 is 16.1 Å². The Labute approximate surface area is 132 Å². The SMILES string of the molecule is Cc1cc(S(=O)(=O)NCC(O)c2ccc(N)cc2)sc1Cl. The molecule has 0 aliphatic heterocycles. The van der Waals surface area contributed by atoms with Crippen LogP contribution in [-0.4, -0.2) is 20.1 Å². The minimum atomic E-state index is -3.67. The second-order valence-electron chi connectivity index (χ2n) is 4.56. The number of anilines is 1. The molecule has 1 aromatic carbocycles. The number of thiophene rings is 1. The van der Waals surface area contributed by atoms with Gasteiger partial charge in [0.2, 0.25) is 10.0 Å². The van der Waals surface area contributed by atoms with Gasteiger partial charge < -0.3 is 10.8 Å². The van der Waals surface area contributed by atoms with Gasteiger partial charge in [0, 0.05) is 12.2 Å². The molecule has 2 rings (SSSR count). The molecule has 2 aromatic rings. The summed E-state index contributed by atoms with van der Waals surface area (Å²) in [5.74, 6) is 0. The Morgan fingerprint density at radius 2 is 2.00 bits per heavy atom. The largest absolute Gasteiger partial charge is 0.399 e. The molecule has 0 saturated heterocycles. The number of aliphatic hydroxyl groups excluding tert-OH is 1. The van der Waals surface area contributed by atoms with E-state index in [1.165, 1.54) is 6.07 Å². The van der Waals surface area contributed by atoms with Gasteiger partial charge in [0.05, 0.1) is 10.4 Å². The van der Waals surface area contributed by atoms with Gasteiger partial charge in [0.15, 0.2) is 0 Å². The first-order chi connectivity index (χ1) is 9.79. The van der Waals surface area contributed by atoms with E-state index in [1.54, 1.807) is 31.2 Å². The maximum atomic E-state index is 12.1. The van der Waals surface area contributed by atoms with Crippen LogP contribution in [0.25, 0.3) is 0 Å². The van der Waals surface area contributed by atoms with E-state index in [9.17, 15) is 13.5 Å². The van der Waals surface area contributed by atoms with Crippen LogP contribution >= 0.6 is 22.9 Å². The summed E-state index contributed by atoms with van der Waals surface area (Å²) < 4.78 is 27.1. The zero-order valence-electron chi connectivity index (χ0n) is 11.2. The molecular weight excluding hydrogens is 332 g/mol. The highest BCUT2D eigenvalue weighted by molar-refractivity contribution is 7.91. The minimum absolute atomic E-state index is 0.124. The molecule has 0 radical (unpaired) electrons. The molecule has 21 heavy (non-hydrogen) atoms. The molecule has 5 nitrogen and oxygen atoms in total. The third kappa shape index (κ3) is 3.96. The molecule has 1 heterocycles. The first-order valence-corrected chi connectivity index (χ1v) is 8.76. The van der Waals surface area contributed by atoms with Crippen LogP contribution in [0.15, 0.2) is 34.5 Å². The highest BCUT2D eigenvalue weighted by Gasteiger charge is 2.20. The van der Waals surface area contributed by atoms with Crippen molar-refractivity contribution in [1.82, 2.24) is 4.72 Å². The van der Waals surface area contributed by atoms with Gasteiger partial charge in [-0.15, -0.1) is 11.3 Å². The van der Waals surface area contributed by atoms with Crippen molar-refractivity contribution >= 4 is 38.6 Å². The second-order valence-corrected chi connectivity index (χ2v) is 8.20. The first kappa shape index (κ1) is 16.3. The molecule has 1 atom stereocenters. The van der Waals surface area contributed by atoms with Crippen LogP contribution in [0.3, 0.4) is 0 Å². The van der Waals surface area contributed by atoms with Crippen LogP contribution in [0, 0.1) is 6.92 Å². The highest BCUT2D eigenvalue weighted by Crippen LogP contribution is 2.30. The van der Waals surface area contributed by atoms with Crippen molar-refractivity contribution in [2.24, 2.45) is 0 Å². The Morgan fingerprint density at radius 1 is 1.38 bits per heavy atom. The Bertz CT molecular complexity index is 707. The number of aryl methyl sites for hydroxylation is 1. The van der Waals surface area contributed by atoms with Gasteiger partial charge in [-0.1, -0.05) is 23.7 Å². The number of benzene rings is 1. The molecule has 0 aliphatic carbocycles. The number of halogens is 1. The number of rotatable bonds is 5. The summed E-state index contributed by atoms with van der Waals surface area (Å²) in [7, 11) is -3.67. The van der Waals surface area contributed by atoms with Gasteiger partial charge in [-0.25, -0.2) is 13.1 Å². The normalized spacial score (nSPS) is 13.3. The lowest BCUT2D eigenvalue weighted by atomic mass is 10.1. The molecule has 0 spiro atoms. The lowest BCUT2D eigenvalue weighted by Crippen LogP contribution is -2.28. The summed E-state index contributed by atoms with van der Waals surface area (Å²) in [6.07, 6.45) is -0.947. The molecule has 0 saturated carbocycles. The van der Waals surface area contributed by atoms with Gasteiger partial charge in [-0.05, 0) is 36.2 Å². The van der Waals surface area contributed by atoms with Crippen LogP contribution in [0.2, 0.25) is 4.34 Å². The topological polar surface area (TPSA) is 92.4 Å². The van der Waals surface area contributed by atoms with Crippen molar-refractivity contribution in [3.05, 3.63) is 45.8 Å². The zero-order valence-corrected chi connectivity index (χ0v) is 13.6. The van der Waals surface area contributed by atoms with Gasteiger partial charge in [0.1, 0.15) is 4.21 Å². The third-order valence-corrected chi connectivity index (χ3v) is 6.34. The molecule has 1 unspecified atom stereocenters. The Balaban J connectivity index is 2.06. The smallest absolute Gasteiger partial charge is 0.250 e. The number of hydrogen-bond donors (Lipinski definition) is 3. The molecule has 8 heteroatoms. The van der Waals surface area contributed by atoms with Gasteiger partial charge in [0.25, 0.3) is 0 Å². The van der Waals surface area contributed by atoms with E-state index in [0.717, 1.165) is 11.3 Å². The summed E-state index contributed by atoms with van der Waals surface area (Å²) in [5, 5.41) is 9.99. The Hall–Kier alpha value is -1.12. The second kappa shape index (κ2) is 6.33. The minimum Gasteiger partial charge on any atom is -0.399 e. The van der Waals surface area contributed by atoms with Crippen molar-refractivity contribution in [3.63, 3.8) is 0 Å².